The van der Waals surface area contributed by atoms with Gasteiger partial charge in [-0.25, -0.2) is 0 Å². The van der Waals surface area contributed by atoms with Gasteiger partial charge in [-0.3, -0.25) is 9.59 Å². The molecule has 1 saturated carbocycles. The van der Waals surface area contributed by atoms with Gasteiger partial charge in [0.25, 0.3) is 5.91 Å². The normalized spacial score (nSPS) is 24.1. The molecule has 0 radical (unpaired) electrons. The topological polar surface area (TPSA) is 88.3 Å². The van der Waals surface area contributed by atoms with Crippen LogP contribution in [0.2, 0.25) is 0 Å². The van der Waals surface area contributed by atoms with Gasteiger partial charge in [-0.05, 0) is 37.1 Å². The summed E-state index contributed by atoms with van der Waals surface area (Å²) in [5.41, 5.74) is 0.293. The van der Waals surface area contributed by atoms with Crippen molar-refractivity contribution in [2.45, 2.75) is 25.7 Å². The fourth-order valence-corrected chi connectivity index (χ4v) is 3.24. The number of azo groups is 1. The maximum atomic E-state index is 12.3. The summed E-state index contributed by atoms with van der Waals surface area (Å²) in [6.07, 6.45) is 3.52. The summed E-state index contributed by atoms with van der Waals surface area (Å²) in [4.78, 5) is 24.3. The van der Waals surface area contributed by atoms with Crippen molar-refractivity contribution in [2.75, 3.05) is 7.11 Å². The second-order valence-corrected chi connectivity index (χ2v) is 5.83. The molecular formula is C17H18N2O4. The summed E-state index contributed by atoms with van der Waals surface area (Å²) in [6.45, 7) is 0. The van der Waals surface area contributed by atoms with Crippen LogP contribution in [0.25, 0.3) is 0 Å². The number of amides is 1. The van der Waals surface area contributed by atoms with Gasteiger partial charge in [-0.2, -0.15) is 0 Å². The predicted octanol–water partition coefficient (Wildman–Crippen LogP) is 3.45. The van der Waals surface area contributed by atoms with E-state index in [1.807, 2.05) is 0 Å². The maximum Gasteiger partial charge on any atom is 0.295 e. The molecule has 0 aromatic heterocycles. The third kappa shape index (κ3) is 2.88. The molecule has 2 aliphatic rings. The Hall–Kier alpha value is -2.50. The second-order valence-electron chi connectivity index (χ2n) is 5.83. The van der Waals surface area contributed by atoms with Crippen molar-refractivity contribution in [2.24, 2.45) is 22.1 Å². The van der Waals surface area contributed by atoms with Crippen LogP contribution in [0, 0.1) is 11.8 Å². The molecule has 0 aliphatic heterocycles. The smallest absolute Gasteiger partial charge is 0.295 e. The van der Waals surface area contributed by atoms with Crippen molar-refractivity contribution >= 4 is 11.7 Å². The SMILES string of the molecule is COc1ccc(C(=O)N=NC2=C(O)C3CCCCC3C2=O)cc1. The van der Waals surface area contributed by atoms with Gasteiger partial charge in [0.1, 0.15) is 11.5 Å². The average Bonchev–Trinajstić information content (AvgIpc) is 2.84. The van der Waals surface area contributed by atoms with Gasteiger partial charge in [0.05, 0.1) is 7.11 Å². The van der Waals surface area contributed by atoms with Crippen LogP contribution in [-0.4, -0.2) is 23.9 Å². The summed E-state index contributed by atoms with van der Waals surface area (Å²) in [7, 11) is 1.54. The largest absolute Gasteiger partial charge is 0.510 e. The number of carbonyl (C=O) groups is 2. The lowest BCUT2D eigenvalue weighted by Gasteiger charge is -2.23. The molecule has 0 saturated heterocycles. The number of ether oxygens (including phenoxy) is 1. The van der Waals surface area contributed by atoms with E-state index >= 15 is 0 Å². The highest BCUT2D eigenvalue weighted by Gasteiger charge is 2.43. The van der Waals surface area contributed by atoms with E-state index in [9.17, 15) is 14.7 Å². The lowest BCUT2D eigenvalue weighted by Crippen LogP contribution is -2.21. The van der Waals surface area contributed by atoms with E-state index in [4.69, 9.17) is 4.74 Å². The molecule has 1 N–H and O–H groups in total. The summed E-state index contributed by atoms with van der Waals surface area (Å²) >= 11 is 0. The standard InChI is InChI=1S/C17H18N2O4/c1-23-11-8-6-10(7-9-11)17(22)19-18-14-15(20)12-4-2-3-5-13(12)16(14)21/h6-9,12-13,20H,2-5H2,1H3. The number of methoxy groups -OCH3 is 1. The number of fused-ring (bicyclic) bond motifs is 1. The molecule has 0 spiro atoms. The zero-order chi connectivity index (χ0) is 16.4. The van der Waals surface area contributed by atoms with E-state index < -0.39 is 5.91 Å². The highest BCUT2D eigenvalue weighted by molar-refractivity contribution is 6.01. The molecule has 1 aromatic rings. The van der Waals surface area contributed by atoms with Crippen LogP contribution >= 0.6 is 0 Å². The van der Waals surface area contributed by atoms with Crippen LogP contribution in [0.5, 0.6) is 5.75 Å². The Morgan fingerprint density at radius 3 is 2.43 bits per heavy atom. The number of hydrogen-bond donors (Lipinski definition) is 1. The number of aliphatic hydroxyl groups excluding tert-OH is 1. The number of aliphatic hydroxyl groups is 1. The maximum absolute atomic E-state index is 12.3. The molecule has 23 heavy (non-hydrogen) atoms. The van der Waals surface area contributed by atoms with Crippen LogP contribution in [-0.2, 0) is 4.79 Å². The molecule has 1 fully saturated rings. The first kappa shape index (κ1) is 15.4. The molecule has 6 nitrogen and oxygen atoms in total. The predicted molar refractivity (Wildman–Crippen MR) is 82.3 cm³/mol. The highest BCUT2D eigenvalue weighted by Crippen LogP contribution is 2.42. The Bertz CT molecular complexity index is 691. The van der Waals surface area contributed by atoms with E-state index in [-0.39, 0.29) is 29.1 Å². The molecule has 0 bridgehead atoms. The van der Waals surface area contributed by atoms with Gasteiger partial charge in [-0.1, -0.05) is 12.8 Å². The van der Waals surface area contributed by atoms with E-state index in [0.717, 1.165) is 25.7 Å². The van der Waals surface area contributed by atoms with Gasteiger partial charge in [0.2, 0.25) is 0 Å². The number of allylic oxidation sites excluding steroid dienone is 2. The first-order valence-electron chi connectivity index (χ1n) is 7.69. The molecule has 6 heteroatoms. The van der Waals surface area contributed by atoms with Gasteiger partial charge < -0.3 is 9.84 Å². The lowest BCUT2D eigenvalue weighted by molar-refractivity contribution is -0.120. The van der Waals surface area contributed by atoms with E-state index in [0.29, 0.717) is 11.3 Å². The van der Waals surface area contributed by atoms with E-state index in [1.165, 1.54) is 7.11 Å². The van der Waals surface area contributed by atoms with Crippen LogP contribution in [0.1, 0.15) is 36.0 Å². The highest BCUT2D eigenvalue weighted by atomic mass is 16.5. The quantitative estimate of drug-likeness (QED) is 0.865. The van der Waals surface area contributed by atoms with Crippen molar-refractivity contribution < 1.29 is 19.4 Å². The van der Waals surface area contributed by atoms with Gasteiger partial charge >= 0.3 is 0 Å². The number of carbonyl (C=O) groups excluding carboxylic acids is 2. The Balaban J connectivity index is 1.77. The molecule has 2 unspecified atom stereocenters. The molecule has 0 heterocycles. The monoisotopic (exact) mass is 314 g/mol. The Morgan fingerprint density at radius 2 is 1.83 bits per heavy atom. The fourth-order valence-electron chi connectivity index (χ4n) is 3.24. The molecular weight excluding hydrogens is 296 g/mol. The minimum absolute atomic E-state index is 0.00835. The van der Waals surface area contributed by atoms with Crippen LogP contribution in [0.15, 0.2) is 46.0 Å². The van der Waals surface area contributed by atoms with E-state index in [1.54, 1.807) is 24.3 Å². The third-order valence-electron chi connectivity index (χ3n) is 4.51. The third-order valence-corrected chi connectivity index (χ3v) is 4.51. The Labute approximate surface area is 133 Å². The van der Waals surface area contributed by atoms with Crippen LogP contribution < -0.4 is 4.74 Å². The summed E-state index contributed by atoms with van der Waals surface area (Å²) in [5, 5.41) is 17.5. The summed E-state index contributed by atoms with van der Waals surface area (Å²) in [6, 6.07) is 6.44. The molecule has 3 rings (SSSR count). The van der Waals surface area contributed by atoms with Gasteiger partial charge in [-0.15, -0.1) is 10.2 Å². The first-order chi connectivity index (χ1) is 11.1. The molecule has 2 atom stereocenters. The molecule has 2 aliphatic carbocycles. The Kier molecular flexibility index (Phi) is 4.23. The summed E-state index contributed by atoms with van der Waals surface area (Å²) in [5.74, 6) is -0.482. The minimum atomic E-state index is -0.560. The second kappa shape index (κ2) is 6.32. The number of rotatable bonds is 3. The molecule has 1 amide bonds. The number of nitrogens with zero attached hydrogens (tertiary/aromatic N) is 2. The Morgan fingerprint density at radius 1 is 1.17 bits per heavy atom. The zero-order valence-electron chi connectivity index (χ0n) is 12.9. The first-order valence-corrected chi connectivity index (χ1v) is 7.69. The van der Waals surface area contributed by atoms with Gasteiger partial charge in [0.15, 0.2) is 11.5 Å². The number of benzene rings is 1. The van der Waals surface area contributed by atoms with Gasteiger partial charge in [0, 0.05) is 17.4 Å². The number of Topliss-reactive ketones (excluding diaryl/α,β-unsaturated/α-hetero) is 1. The van der Waals surface area contributed by atoms with Crippen molar-refractivity contribution in [1.29, 1.82) is 0 Å². The molecule has 1 aromatic carbocycles. The molecule has 120 valence electrons. The average molecular weight is 314 g/mol. The fraction of sp³-hybridized carbons (Fsp3) is 0.412. The lowest BCUT2D eigenvalue weighted by atomic mass is 9.80. The van der Waals surface area contributed by atoms with Crippen molar-refractivity contribution in [3.05, 3.63) is 41.3 Å². The number of ketones is 1. The van der Waals surface area contributed by atoms with E-state index in [2.05, 4.69) is 10.2 Å². The minimum Gasteiger partial charge on any atom is -0.510 e. The van der Waals surface area contributed by atoms with Crippen molar-refractivity contribution in [3.63, 3.8) is 0 Å². The number of hydrogen-bond acceptors (Lipinski definition) is 5. The summed E-state index contributed by atoms with van der Waals surface area (Å²) < 4.78 is 5.02. The van der Waals surface area contributed by atoms with Crippen molar-refractivity contribution in [3.8, 4) is 5.75 Å². The van der Waals surface area contributed by atoms with Crippen LogP contribution in [0.4, 0.5) is 0 Å². The zero-order valence-corrected chi connectivity index (χ0v) is 12.9. The van der Waals surface area contributed by atoms with Crippen LogP contribution in [0.3, 0.4) is 0 Å². The van der Waals surface area contributed by atoms with Crippen molar-refractivity contribution in [1.82, 2.24) is 0 Å².